The highest BCUT2D eigenvalue weighted by Gasteiger charge is 2.35. The first-order chi connectivity index (χ1) is 11.8. The lowest BCUT2D eigenvalue weighted by Crippen LogP contribution is -2.41. The zero-order valence-corrected chi connectivity index (χ0v) is 14.8. The third-order valence-electron chi connectivity index (χ3n) is 4.13. The lowest BCUT2D eigenvalue weighted by atomic mass is 10.1. The van der Waals surface area contributed by atoms with Crippen LogP contribution in [0.1, 0.15) is 17.5 Å². The van der Waals surface area contributed by atoms with E-state index in [0.29, 0.717) is 13.0 Å². The fourth-order valence-corrected chi connectivity index (χ4v) is 4.30. The molecule has 1 N–H and O–H groups in total. The van der Waals surface area contributed by atoms with Crippen LogP contribution in [-0.2, 0) is 14.8 Å². The molecule has 0 aromatic heterocycles. The Morgan fingerprint density at radius 3 is 2.44 bits per heavy atom. The first-order valence-corrected chi connectivity index (χ1v) is 9.42. The van der Waals surface area contributed by atoms with Crippen molar-refractivity contribution in [1.82, 2.24) is 4.72 Å². The van der Waals surface area contributed by atoms with E-state index in [1.807, 2.05) is 32.0 Å². The van der Waals surface area contributed by atoms with Gasteiger partial charge in [-0.2, -0.15) is 4.72 Å². The molecule has 25 heavy (non-hydrogen) atoms. The summed E-state index contributed by atoms with van der Waals surface area (Å²) in [6.07, 6.45) is 0.361. The first kappa shape index (κ1) is 17.6. The number of aryl methyl sites for hydroxylation is 2. The molecule has 1 unspecified atom stereocenters. The minimum absolute atomic E-state index is 0.190. The van der Waals surface area contributed by atoms with Crippen molar-refractivity contribution in [3.63, 3.8) is 0 Å². The molecule has 7 heteroatoms. The van der Waals surface area contributed by atoms with Gasteiger partial charge in [0, 0.05) is 12.2 Å². The van der Waals surface area contributed by atoms with Crippen molar-refractivity contribution in [2.75, 3.05) is 11.4 Å². The summed E-state index contributed by atoms with van der Waals surface area (Å²) < 4.78 is 40.4. The van der Waals surface area contributed by atoms with Gasteiger partial charge in [0.25, 0.3) is 0 Å². The van der Waals surface area contributed by atoms with Gasteiger partial charge in [0.05, 0.1) is 4.90 Å². The van der Waals surface area contributed by atoms with Crippen LogP contribution in [0.2, 0.25) is 0 Å². The van der Waals surface area contributed by atoms with Gasteiger partial charge in [0.1, 0.15) is 11.9 Å². The maximum Gasteiger partial charge on any atom is 0.245 e. The van der Waals surface area contributed by atoms with Crippen LogP contribution >= 0.6 is 0 Å². The topological polar surface area (TPSA) is 66.5 Å². The van der Waals surface area contributed by atoms with Gasteiger partial charge in [0.2, 0.25) is 15.9 Å². The Morgan fingerprint density at radius 1 is 1.12 bits per heavy atom. The average Bonchev–Trinajstić information content (AvgIpc) is 2.87. The maximum absolute atomic E-state index is 13.3. The van der Waals surface area contributed by atoms with Crippen molar-refractivity contribution in [2.24, 2.45) is 0 Å². The smallest absolute Gasteiger partial charge is 0.245 e. The molecule has 0 spiro atoms. The summed E-state index contributed by atoms with van der Waals surface area (Å²) in [4.78, 5) is 14.0. The number of nitrogens with one attached hydrogen (secondary N) is 1. The number of rotatable bonds is 4. The van der Waals surface area contributed by atoms with Crippen molar-refractivity contribution in [1.29, 1.82) is 0 Å². The van der Waals surface area contributed by atoms with Crippen LogP contribution in [-0.4, -0.2) is 26.9 Å². The van der Waals surface area contributed by atoms with Gasteiger partial charge in [-0.25, -0.2) is 12.8 Å². The summed E-state index contributed by atoms with van der Waals surface area (Å²) in [7, 11) is -3.96. The molecule has 1 heterocycles. The van der Waals surface area contributed by atoms with Crippen molar-refractivity contribution >= 4 is 21.6 Å². The number of hydrogen-bond acceptors (Lipinski definition) is 3. The van der Waals surface area contributed by atoms with Gasteiger partial charge in [0.15, 0.2) is 0 Å². The normalized spacial score (nSPS) is 18.0. The summed E-state index contributed by atoms with van der Waals surface area (Å²) in [5.74, 6) is -0.942. The van der Waals surface area contributed by atoms with E-state index < -0.39 is 21.9 Å². The lowest BCUT2D eigenvalue weighted by Gasteiger charge is -2.18. The summed E-state index contributed by atoms with van der Waals surface area (Å²) in [5.41, 5.74) is 2.83. The molecule has 1 aliphatic rings. The van der Waals surface area contributed by atoms with Gasteiger partial charge in [-0.05, 0) is 61.7 Å². The van der Waals surface area contributed by atoms with E-state index in [9.17, 15) is 17.6 Å². The molecule has 2 aromatic rings. The Kier molecular flexibility index (Phi) is 4.62. The number of halogens is 1. The number of amides is 1. The number of hydrogen-bond donors (Lipinski definition) is 1. The molecule has 1 atom stereocenters. The molecule has 0 saturated carbocycles. The molecule has 1 aliphatic heterocycles. The van der Waals surface area contributed by atoms with E-state index >= 15 is 0 Å². The Bertz CT molecular complexity index is 907. The molecule has 0 radical (unpaired) electrons. The number of carbonyl (C=O) groups excluding carboxylic acids is 1. The van der Waals surface area contributed by atoms with Crippen LogP contribution < -0.4 is 9.62 Å². The van der Waals surface area contributed by atoms with Crippen LogP contribution in [0.4, 0.5) is 10.1 Å². The van der Waals surface area contributed by atoms with Crippen molar-refractivity contribution in [3.8, 4) is 0 Å². The molecule has 2 aromatic carbocycles. The highest BCUT2D eigenvalue weighted by molar-refractivity contribution is 7.89. The zero-order valence-electron chi connectivity index (χ0n) is 14.0. The maximum atomic E-state index is 13.3. The third kappa shape index (κ3) is 3.72. The number of anilines is 1. The van der Waals surface area contributed by atoms with E-state index in [1.165, 1.54) is 18.2 Å². The Morgan fingerprint density at radius 2 is 1.80 bits per heavy atom. The summed E-state index contributed by atoms with van der Waals surface area (Å²) in [5, 5.41) is 0. The van der Waals surface area contributed by atoms with Gasteiger partial charge < -0.3 is 4.90 Å². The second-order valence-electron chi connectivity index (χ2n) is 6.26. The highest BCUT2D eigenvalue weighted by Crippen LogP contribution is 2.25. The SMILES string of the molecule is Cc1cc(C)cc(N2CCC(NS(=O)(=O)c3cccc(F)c3)C2=O)c1. The molecule has 1 amide bonds. The molecular formula is C18H19FN2O3S. The lowest BCUT2D eigenvalue weighted by molar-refractivity contribution is -0.118. The third-order valence-corrected chi connectivity index (χ3v) is 5.60. The van der Waals surface area contributed by atoms with E-state index in [2.05, 4.69) is 4.72 Å². The fourth-order valence-electron chi connectivity index (χ4n) is 3.04. The van der Waals surface area contributed by atoms with Gasteiger partial charge in [-0.1, -0.05) is 12.1 Å². The molecule has 1 fully saturated rings. The van der Waals surface area contributed by atoms with Gasteiger partial charge in [-0.15, -0.1) is 0 Å². The largest absolute Gasteiger partial charge is 0.311 e. The van der Waals surface area contributed by atoms with E-state index in [1.54, 1.807) is 4.90 Å². The molecule has 3 rings (SSSR count). The Hall–Kier alpha value is -2.25. The minimum Gasteiger partial charge on any atom is -0.311 e. The summed E-state index contributed by atoms with van der Waals surface area (Å²) in [6, 6.07) is 9.67. The summed E-state index contributed by atoms with van der Waals surface area (Å²) in [6.45, 7) is 4.32. The van der Waals surface area contributed by atoms with Crippen LogP contribution in [0.25, 0.3) is 0 Å². The van der Waals surface area contributed by atoms with Crippen LogP contribution in [0, 0.1) is 19.7 Å². The molecule has 0 bridgehead atoms. The average molecular weight is 362 g/mol. The van der Waals surface area contributed by atoms with Gasteiger partial charge >= 0.3 is 0 Å². The van der Waals surface area contributed by atoms with Gasteiger partial charge in [-0.3, -0.25) is 4.79 Å². The van der Waals surface area contributed by atoms with E-state index in [0.717, 1.165) is 22.9 Å². The van der Waals surface area contributed by atoms with E-state index in [4.69, 9.17) is 0 Å². The fraction of sp³-hybridized carbons (Fsp3) is 0.278. The number of nitrogens with zero attached hydrogens (tertiary/aromatic N) is 1. The van der Waals surface area contributed by atoms with Crippen molar-refractivity contribution < 1.29 is 17.6 Å². The Balaban J connectivity index is 1.80. The molecular weight excluding hydrogens is 343 g/mol. The standard InChI is InChI=1S/C18H19FN2O3S/c1-12-8-13(2)10-15(9-12)21-7-6-17(18(21)22)20-25(23,24)16-5-3-4-14(19)11-16/h3-5,8-11,17,20H,6-7H2,1-2H3. The first-order valence-electron chi connectivity index (χ1n) is 7.94. The molecule has 1 saturated heterocycles. The quantitative estimate of drug-likeness (QED) is 0.909. The predicted octanol–water partition coefficient (Wildman–Crippen LogP) is 2.53. The summed E-state index contributed by atoms with van der Waals surface area (Å²) >= 11 is 0. The minimum atomic E-state index is -3.96. The van der Waals surface area contributed by atoms with E-state index in [-0.39, 0.29) is 10.8 Å². The second-order valence-corrected chi connectivity index (χ2v) is 7.97. The predicted molar refractivity (Wildman–Crippen MR) is 93.4 cm³/mol. The number of sulfonamides is 1. The van der Waals surface area contributed by atoms with Crippen LogP contribution in [0.3, 0.4) is 0 Å². The highest BCUT2D eigenvalue weighted by atomic mass is 32.2. The second kappa shape index (κ2) is 6.57. The number of benzene rings is 2. The molecule has 0 aliphatic carbocycles. The Labute approximate surface area is 146 Å². The van der Waals surface area contributed by atoms with Crippen LogP contribution in [0.5, 0.6) is 0 Å². The van der Waals surface area contributed by atoms with Crippen molar-refractivity contribution in [3.05, 3.63) is 59.4 Å². The van der Waals surface area contributed by atoms with Crippen LogP contribution in [0.15, 0.2) is 47.4 Å². The number of carbonyl (C=O) groups is 1. The zero-order chi connectivity index (χ0) is 18.2. The monoisotopic (exact) mass is 362 g/mol. The van der Waals surface area contributed by atoms with Crippen molar-refractivity contribution in [2.45, 2.75) is 31.2 Å². The molecule has 132 valence electrons. The molecule has 5 nitrogen and oxygen atoms in total.